The van der Waals surface area contributed by atoms with Crippen molar-refractivity contribution in [1.29, 1.82) is 0 Å². The van der Waals surface area contributed by atoms with Gasteiger partial charge in [-0.2, -0.15) is 0 Å². The molecule has 1 spiro atoms. The Morgan fingerprint density at radius 3 is 1.53 bits per heavy atom. The Morgan fingerprint density at radius 2 is 0.883 bits per heavy atom. The van der Waals surface area contributed by atoms with Crippen LogP contribution in [-0.2, 0) is 5.41 Å². The van der Waals surface area contributed by atoms with Crippen LogP contribution in [-0.4, -0.2) is 15.0 Å². The number of para-hydroxylation sites is 1. The molecule has 0 bridgehead atoms. The fraction of sp³-hybridized carbons (Fsp3) is 0.0179. The minimum absolute atomic E-state index is 0.521. The highest BCUT2D eigenvalue weighted by Crippen LogP contribution is 2.63. The molecule has 3 nitrogen and oxygen atoms in total. The zero-order valence-corrected chi connectivity index (χ0v) is 33.3. The van der Waals surface area contributed by atoms with Crippen LogP contribution >= 0.6 is 11.8 Å². The third kappa shape index (κ3) is 5.42. The van der Waals surface area contributed by atoms with Gasteiger partial charge in [-0.25, -0.2) is 9.97 Å². The molecule has 3 heterocycles. The van der Waals surface area contributed by atoms with E-state index in [0.29, 0.717) is 5.82 Å². The number of hydrogen-bond donors (Lipinski definition) is 0. The van der Waals surface area contributed by atoms with Crippen molar-refractivity contribution in [3.05, 3.63) is 235 Å². The molecule has 4 heteroatoms. The van der Waals surface area contributed by atoms with Crippen LogP contribution in [0.1, 0.15) is 22.3 Å². The van der Waals surface area contributed by atoms with Crippen LogP contribution in [0.2, 0.25) is 0 Å². The van der Waals surface area contributed by atoms with Gasteiger partial charge >= 0.3 is 0 Å². The van der Waals surface area contributed by atoms with E-state index in [1.807, 2.05) is 36.2 Å². The fourth-order valence-corrected chi connectivity index (χ4v) is 10.7. The predicted octanol–water partition coefficient (Wildman–Crippen LogP) is 14.2. The molecule has 1 aliphatic heterocycles. The summed E-state index contributed by atoms with van der Waals surface area (Å²) in [6.07, 6.45) is 1.90. The lowest BCUT2D eigenvalue weighted by Crippen LogP contribution is -2.32. The van der Waals surface area contributed by atoms with E-state index in [9.17, 15) is 0 Å². The molecule has 0 atom stereocenters. The lowest BCUT2D eigenvalue weighted by molar-refractivity contribution is 0.723. The number of nitrogens with zero attached hydrogens (tertiary/aromatic N) is 3. The van der Waals surface area contributed by atoms with Gasteiger partial charge in [0.2, 0.25) is 0 Å². The van der Waals surface area contributed by atoms with Crippen molar-refractivity contribution >= 4 is 22.7 Å². The van der Waals surface area contributed by atoms with E-state index in [2.05, 4.69) is 188 Å². The molecule has 60 heavy (non-hydrogen) atoms. The van der Waals surface area contributed by atoms with Gasteiger partial charge in [-0.15, -0.1) is 0 Å². The monoisotopic (exact) mass is 781 g/mol. The summed E-state index contributed by atoms with van der Waals surface area (Å²) in [5.41, 5.74) is 17.8. The lowest BCUT2D eigenvalue weighted by atomic mass is 9.67. The van der Waals surface area contributed by atoms with Crippen molar-refractivity contribution in [1.82, 2.24) is 15.0 Å². The standard InChI is InChI=1S/C56H35N3S/c1-3-13-37(14-4-1)50-35-51(38-15-5-2-6-16-38)59-55(58-50)40-26-24-36(25-27-40)41-28-30-44-45-31-29-42(43-19-11-17-39-18-12-32-57-54(39)43)34-49(45)56(48(44)33-41)46-20-7-9-22-52(46)60-53-23-10-8-21-47(53)56/h1-35H. The van der Waals surface area contributed by atoms with Gasteiger partial charge in [0.25, 0.3) is 0 Å². The number of aromatic nitrogens is 3. The summed E-state index contributed by atoms with van der Waals surface area (Å²) in [7, 11) is 0. The SMILES string of the molecule is c1ccc(-c2cc(-c3ccccc3)nc(-c3ccc(-c4ccc5c(c4)C4(c6ccccc6Sc6ccccc64)c4cc(-c6cccc7cccnc67)ccc4-5)cc3)n2)cc1. The van der Waals surface area contributed by atoms with Crippen molar-refractivity contribution in [2.45, 2.75) is 15.2 Å². The van der Waals surface area contributed by atoms with Crippen molar-refractivity contribution in [2.24, 2.45) is 0 Å². The largest absolute Gasteiger partial charge is 0.256 e. The molecule has 1 aliphatic carbocycles. The minimum Gasteiger partial charge on any atom is -0.256 e. The highest BCUT2D eigenvalue weighted by atomic mass is 32.2. The van der Waals surface area contributed by atoms with Gasteiger partial charge in [0.1, 0.15) is 0 Å². The smallest absolute Gasteiger partial charge is 0.160 e. The Morgan fingerprint density at radius 1 is 0.350 bits per heavy atom. The van der Waals surface area contributed by atoms with Gasteiger partial charge in [0.15, 0.2) is 5.82 Å². The van der Waals surface area contributed by atoms with Gasteiger partial charge in [0, 0.05) is 43.6 Å². The number of hydrogen-bond acceptors (Lipinski definition) is 4. The van der Waals surface area contributed by atoms with Crippen molar-refractivity contribution in [2.75, 3.05) is 0 Å². The van der Waals surface area contributed by atoms with Crippen LogP contribution < -0.4 is 0 Å². The molecule has 0 radical (unpaired) electrons. The lowest BCUT2D eigenvalue weighted by Gasteiger charge is -2.40. The van der Waals surface area contributed by atoms with Crippen LogP contribution in [0.15, 0.2) is 222 Å². The Hall–Kier alpha value is -7.40. The van der Waals surface area contributed by atoms with E-state index < -0.39 is 5.41 Å². The van der Waals surface area contributed by atoms with Crippen molar-refractivity contribution < 1.29 is 0 Å². The number of rotatable bonds is 5. The second-order valence-corrected chi connectivity index (χ2v) is 16.6. The molecular formula is C56H35N3S. The molecule has 0 unspecified atom stereocenters. The summed E-state index contributed by atoms with van der Waals surface area (Å²) in [6, 6.07) is 74.4. The minimum atomic E-state index is -0.521. The summed E-state index contributed by atoms with van der Waals surface area (Å²) in [5, 5.41) is 1.14. The van der Waals surface area contributed by atoms with E-state index >= 15 is 0 Å². The van der Waals surface area contributed by atoms with Crippen LogP contribution in [0, 0.1) is 0 Å². The van der Waals surface area contributed by atoms with E-state index in [1.165, 1.54) is 54.3 Å². The highest BCUT2D eigenvalue weighted by molar-refractivity contribution is 7.99. The Labute approximate surface area is 353 Å². The first kappa shape index (κ1) is 34.6. The van der Waals surface area contributed by atoms with Crippen LogP contribution in [0.3, 0.4) is 0 Å². The average molecular weight is 782 g/mol. The number of fused-ring (bicyclic) bond motifs is 10. The normalized spacial score (nSPS) is 13.1. The molecule has 8 aromatic carbocycles. The summed E-state index contributed by atoms with van der Waals surface area (Å²) in [4.78, 5) is 17.6. The third-order valence-corrected chi connectivity index (χ3v) is 13.4. The second-order valence-electron chi connectivity index (χ2n) is 15.5. The topological polar surface area (TPSA) is 38.7 Å². The van der Waals surface area contributed by atoms with Crippen LogP contribution in [0.5, 0.6) is 0 Å². The maximum Gasteiger partial charge on any atom is 0.160 e. The van der Waals surface area contributed by atoms with E-state index in [0.717, 1.165) is 50.1 Å². The zero-order valence-electron chi connectivity index (χ0n) is 32.5. The van der Waals surface area contributed by atoms with E-state index in [1.54, 1.807) is 0 Å². The Bertz CT molecular complexity index is 3180. The van der Waals surface area contributed by atoms with Crippen molar-refractivity contribution in [3.63, 3.8) is 0 Å². The molecule has 12 rings (SSSR count). The Kier molecular flexibility index (Phi) is 8.00. The molecule has 2 aliphatic rings. The van der Waals surface area contributed by atoms with E-state index in [-0.39, 0.29) is 0 Å². The molecular weight excluding hydrogens is 747 g/mol. The maximum atomic E-state index is 5.10. The summed E-state index contributed by atoms with van der Waals surface area (Å²) in [5.74, 6) is 0.704. The molecule has 280 valence electrons. The highest BCUT2D eigenvalue weighted by Gasteiger charge is 2.50. The third-order valence-electron chi connectivity index (χ3n) is 12.2. The van der Waals surface area contributed by atoms with Gasteiger partial charge in [0.05, 0.1) is 22.3 Å². The van der Waals surface area contributed by atoms with Gasteiger partial charge in [-0.05, 0) is 86.5 Å². The molecule has 0 saturated heterocycles. The predicted molar refractivity (Wildman–Crippen MR) is 246 cm³/mol. The van der Waals surface area contributed by atoms with Crippen LogP contribution in [0.4, 0.5) is 0 Å². The molecule has 0 fully saturated rings. The number of benzene rings is 8. The summed E-state index contributed by atoms with van der Waals surface area (Å²) >= 11 is 1.87. The first-order valence-corrected chi connectivity index (χ1v) is 21.2. The molecule has 10 aromatic rings. The summed E-state index contributed by atoms with van der Waals surface area (Å²) < 4.78 is 0. The van der Waals surface area contributed by atoms with Gasteiger partial charge in [-0.1, -0.05) is 182 Å². The summed E-state index contributed by atoms with van der Waals surface area (Å²) in [6.45, 7) is 0. The average Bonchev–Trinajstić information content (AvgIpc) is 3.61. The molecule has 0 N–H and O–H groups in total. The van der Waals surface area contributed by atoms with Crippen molar-refractivity contribution in [3.8, 4) is 67.3 Å². The zero-order chi connectivity index (χ0) is 39.6. The quantitative estimate of drug-likeness (QED) is 0.174. The van der Waals surface area contributed by atoms with Gasteiger partial charge < -0.3 is 0 Å². The molecule has 2 aromatic heterocycles. The molecule has 0 saturated carbocycles. The second kappa shape index (κ2) is 13.9. The fourth-order valence-electron chi connectivity index (χ4n) is 9.48. The number of pyridine rings is 1. The van der Waals surface area contributed by atoms with Gasteiger partial charge in [-0.3, -0.25) is 4.98 Å². The van der Waals surface area contributed by atoms with E-state index in [4.69, 9.17) is 15.0 Å². The first-order chi connectivity index (χ1) is 29.7. The maximum absolute atomic E-state index is 5.10. The molecule has 0 amide bonds. The first-order valence-electron chi connectivity index (χ1n) is 20.3. The van der Waals surface area contributed by atoms with Crippen LogP contribution in [0.25, 0.3) is 78.2 Å². The Balaban J connectivity index is 1.02.